The van der Waals surface area contributed by atoms with Gasteiger partial charge in [0.1, 0.15) is 0 Å². The van der Waals surface area contributed by atoms with Crippen molar-refractivity contribution < 1.29 is 22.7 Å². The number of hydrogen-bond acceptors (Lipinski definition) is 6. The smallest absolute Gasteiger partial charge is 0.416 e. The number of rotatable bonds is 8. The van der Waals surface area contributed by atoms with Gasteiger partial charge in [0, 0.05) is 23.4 Å². The Morgan fingerprint density at radius 2 is 1.71 bits per heavy atom. The molecule has 0 atom stereocenters. The van der Waals surface area contributed by atoms with Crippen LogP contribution in [0, 0.1) is 0 Å². The van der Waals surface area contributed by atoms with Gasteiger partial charge in [-0.15, -0.1) is 5.10 Å². The first kappa shape index (κ1) is 28.0. The van der Waals surface area contributed by atoms with E-state index in [4.69, 9.17) is 16.3 Å². The summed E-state index contributed by atoms with van der Waals surface area (Å²) in [7, 11) is 1.29. The highest BCUT2D eigenvalue weighted by Crippen LogP contribution is 2.32. The van der Waals surface area contributed by atoms with Crippen LogP contribution in [0.15, 0.2) is 87.8 Å². The molecule has 0 fully saturated rings. The second kappa shape index (κ2) is 11.5. The van der Waals surface area contributed by atoms with Gasteiger partial charge < -0.3 is 4.74 Å². The van der Waals surface area contributed by atoms with Crippen molar-refractivity contribution in [1.82, 2.24) is 14.3 Å². The zero-order valence-electron chi connectivity index (χ0n) is 21.7. The zero-order valence-corrected chi connectivity index (χ0v) is 22.5. The van der Waals surface area contributed by atoms with Crippen molar-refractivity contribution in [2.75, 3.05) is 7.11 Å². The summed E-state index contributed by atoms with van der Waals surface area (Å²) < 4.78 is 47.8. The van der Waals surface area contributed by atoms with Crippen LogP contribution in [0.1, 0.15) is 33.5 Å². The van der Waals surface area contributed by atoms with E-state index in [1.807, 2.05) is 0 Å². The Kier molecular flexibility index (Phi) is 7.89. The third kappa shape index (κ3) is 6.30. The average Bonchev–Trinajstić information content (AvgIpc) is 3.52. The molecule has 0 bridgehead atoms. The lowest BCUT2D eigenvalue weighted by Gasteiger charge is -2.12. The summed E-state index contributed by atoms with van der Waals surface area (Å²) in [4.78, 5) is 25.6. The van der Waals surface area contributed by atoms with Crippen molar-refractivity contribution in [3.63, 3.8) is 0 Å². The highest BCUT2D eigenvalue weighted by molar-refractivity contribution is 6.30. The molecular weight excluding hydrogens is 559 g/mol. The fourth-order valence-corrected chi connectivity index (χ4v) is 4.70. The van der Waals surface area contributed by atoms with Crippen LogP contribution >= 0.6 is 11.6 Å². The molecule has 2 heterocycles. The monoisotopic (exact) mass is 581 g/mol. The van der Waals surface area contributed by atoms with E-state index in [-0.39, 0.29) is 31.5 Å². The molecule has 4 aromatic rings. The third-order valence-corrected chi connectivity index (χ3v) is 6.76. The van der Waals surface area contributed by atoms with Crippen LogP contribution in [0.3, 0.4) is 0 Å². The molecule has 0 aliphatic carbocycles. The molecule has 210 valence electrons. The molecule has 41 heavy (non-hydrogen) atoms. The van der Waals surface area contributed by atoms with E-state index in [2.05, 4.69) is 15.3 Å². The van der Waals surface area contributed by atoms with E-state index >= 15 is 0 Å². The lowest BCUT2D eigenvalue weighted by atomic mass is 9.99. The fraction of sp³-hybridized carbons (Fsp3) is 0.207. The molecule has 0 N–H and O–H groups in total. The van der Waals surface area contributed by atoms with Gasteiger partial charge in [0.2, 0.25) is 0 Å². The number of alkyl halides is 3. The summed E-state index contributed by atoms with van der Waals surface area (Å²) in [6.07, 6.45) is -4.28. The Hall–Kier alpha value is -4.51. The van der Waals surface area contributed by atoms with E-state index < -0.39 is 23.4 Å². The van der Waals surface area contributed by atoms with Crippen molar-refractivity contribution in [2.45, 2.75) is 32.1 Å². The second-order valence-electron chi connectivity index (χ2n) is 9.39. The van der Waals surface area contributed by atoms with E-state index in [1.54, 1.807) is 54.6 Å². The number of hydrogen-bond donors (Lipinski definition) is 0. The van der Waals surface area contributed by atoms with E-state index in [0.29, 0.717) is 39.0 Å². The second-order valence-corrected chi connectivity index (χ2v) is 9.83. The summed E-state index contributed by atoms with van der Waals surface area (Å²) in [6, 6.07) is 18.9. The van der Waals surface area contributed by atoms with Crippen LogP contribution in [0.25, 0.3) is 11.4 Å². The Bertz CT molecular complexity index is 1720. The van der Waals surface area contributed by atoms with Crippen molar-refractivity contribution >= 4 is 29.0 Å². The van der Waals surface area contributed by atoms with Crippen LogP contribution in [0.2, 0.25) is 5.02 Å². The maximum absolute atomic E-state index is 13.6. The number of halogens is 4. The highest BCUT2D eigenvalue weighted by Gasteiger charge is 2.33. The molecule has 1 aliphatic heterocycles. The number of aromatic nitrogens is 3. The van der Waals surface area contributed by atoms with Gasteiger partial charge in [-0.05, 0) is 53.6 Å². The molecule has 1 aliphatic rings. The first-order valence-electron chi connectivity index (χ1n) is 12.5. The van der Waals surface area contributed by atoms with E-state index in [0.717, 1.165) is 6.07 Å². The number of carbonyl (C=O) groups is 1. The minimum absolute atomic E-state index is 0.00252. The maximum atomic E-state index is 13.6. The molecule has 0 saturated heterocycles. The first-order valence-corrected chi connectivity index (χ1v) is 12.9. The summed E-state index contributed by atoms with van der Waals surface area (Å²) >= 11 is 6.06. The quantitative estimate of drug-likeness (QED) is 0.251. The Labute approximate surface area is 237 Å². The predicted molar refractivity (Wildman–Crippen MR) is 148 cm³/mol. The number of methoxy groups -OCH3 is 1. The lowest BCUT2D eigenvalue weighted by molar-refractivity contribution is -0.138. The molecule has 8 nitrogen and oxygen atoms in total. The van der Waals surface area contributed by atoms with Crippen LogP contribution in [-0.2, 0) is 30.4 Å². The zero-order chi connectivity index (χ0) is 29.1. The van der Waals surface area contributed by atoms with Gasteiger partial charge in [-0.3, -0.25) is 4.57 Å². The Morgan fingerprint density at radius 1 is 0.976 bits per heavy atom. The standard InChI is InChI=1S/C29H23ClF3N5O3/c1-41-27(39)21-7-4-5-18(13-21)16-37-26(19-9-11-22(30)12-10-19)36-38(28(37)40)17-24-15-23(34-35-24)14-20-6-2-3-8-25(20)29(31,32)33/h2-13H,14-17H2,1H3. The molecular formula is C29H23ClF3N5O3. The van der Waals surface area contributed by atoms with Gasteiger partial charge >= 0.3 is 17.8 Å². The Balaban J connectivity index is 1.40. The molecule has 0 spiro atoms. The summed E-state index contributed by atoms with van der Waals surface area (Å²) in [6.45, 7) is 0.118. The number of esters is 1. The summed E-state index contributed by atoms with van der Waals surface area (Å²) in [5, 5.41) is 13.3. The maximum Gasteiger partial charge on any atom is 0.416 e. The van der Waals surface area contributed by atoms with E-state index in [1.165, 1.54) is 28.5 Å². The van der Waals surface area contributed by atoms with Gasteiger partial charge in [0.25, 0.3) is 0 Å². The number of carbonyl (C=O) groups excluding carboxylic acids is 1. The summed E-state index contributed by atoms with van der Waals surface area (Å²) in [5.41, 5.74) is 1.58. The molecule has 3 aromatic carbocycles. The molecule has 0 amide bonds. The molecule has 0 saturated carbocycles. The van der Waals surface area contributed by atoms with Crippen LogP contribution in [-0.4, -0.2) is 38.9 Å². The van der Waals surface area contributed by atoms with Gasteiger partial charge in [-0.2, -0.15) is 23.4 Å². The van der Waals surface area contributed by atoms with E-state index in [9.17, 15) is 22.8 Å². The Morgan fingerprint density at radius 3 is 2.44 bits per heavy atom. The first-order chi connectivity index (χ1) is 19.6. The largest absolute Gasteiger partial charge is 0.465 e. The third-order valence-electron chi connectivity index (χ3n) is 6.50. The van der Waals surface area contributed by atoms with Crippen molar-refractivity contribution in [3.8, 4) is 11.4 Å². The minimum Gasteiger partial charge on any atom is -0.465 e. The van der Waals surface area contributed by atoms with Crippen LogP contribution in [0.4, 0.5) is 13.2 Å². The molecule has 0 unspecified atom stereocenters. The fourth-order valence-electron chi connectivity index (χ4n) is 4.57. The number of ether oxygens (including phenoxy) is 1. The van der Waals surface area contributed by atoms with Crippen molar-refractivity contribution in [1.29, 1.82) is 0 Å². The summed E-state index contributed by atoms with van der Waals surface area (Å²) in [5.74, 6) is -0.130. The molecule has 5 rings (SSSR count). The SMILES string of the molecule is COC(=O)c1cccc(Cn2c(-c3ccc(Cl)cc3)nn(CC3=NN=C(Cc4ccccc4C(F)(F)F)C3)c2=O)c1. The highest BCUT2D eigenvalue weighted by atomic mass is 35.5. The normalized spacial score (nSPS) is 13.2. The predicted octanol–water partition coefficient (Wildman–Crippen LogP) is 5.66. The van der Waals surface area contributed by atoms with Gasteiger partial charge in [-0.1, -0.05) is 41.9 Å². The molecule has 0 radical (unpaired) electrons. The molecule has 12 heteroatoms. The lowest BCUT2D eigenvalue weighted by Crippen LogP contribution is -2.28. The number of benzene rings is 3. The van der Waals surface area contributed by atoms with Gasteiger partial charge in [-0.25, -0.2) is 14.3 Å². The number of nitrogens with zero attached hydrogens (tertiary/aromatic N) is 5. The average molecular weight is 582 g/mol. The van der Waals surface area contributed by atoms with Gasteiger partial charge in [0.05, 0.1) is 42.7 Å². The van der Waals surface area contributed by atoms with Crippen LogP contribution < -0.4 is 5.69 Å². The molecule has 1 aromatic heterocycles. The van der Waals surface area contributed by atoms with Crippen LogP contribution in [0.5, 0.6) is 0 Å². The minimum atomic E-state index is -4.48. The topological polar surface area (TPSA) is 90.8 Å². The van der Waals surface area contributed by atoms with Crippen molar-refractivity contribution in [3.05, 3.63) is 111 Å². The van der Waals surface area contributed by atoms with Gasteiger partial charge in [0.15, 0.2) is 5.82 Å². The van der Waals surface area contributed by atoms with Crippen molar-refractivity contribution in [2.24, 2.45) is 10.2 Å².